The van der Waals surface area contributed by atoms with E-state index >= 15 is 0 Å². The van der Waals surface area contributed by atoms with Crippen LogP contribution in [0.4, 0.5) is 5.69 Å². The number of anilines is 1. The molecule has 1 spiro atoms. The Morgan fingerprint density at radius 3 is 2.90 bits per heavy atom. The topological polar surface area (TPSA) is 106 Å². The summed E-state index contributed by atoms with van der Waals surface area (Å²) in [6.45, 7) is 4.73. The van der Waals surface area contributed by atoms with Crippen LogP contribution in [0.15, 0.2) is 24.5 Å². The Bertz CT molecular complexity index is 934. The molecule has 3 aliphatic rings. The molecule has 3 fully saturated rings. The molecule has 1 aromatic carbocycles. The highest BCUT2D eigenvalue weighted by Crippen LogP contribution is 2.58. The number of aliphatic hydroxyl groups is 1. The zero-order valence-electron chi connectivity index (χ0n) is 16.3. The molecule has 0 bridgehead atoms. The lowest BCUT2D eigenvalue weighted by molar-refractivity contribution is 0.00226. The summed E-state index contributed by atoms with van der Waals surface area (Å²) in [6.07, 6.45) is 5.09. The van der Waals surface area contributed by atoms with E-state index in [4.69, 9.17) is 4.74 Å². The van der Waals surface area contributed by atoms with Gasteiger partial charge in [-0.1, -0.05) is 0 Å². The Morgan fingerprint density at radius 1 is 1.34 bits per heavy atom. The first kappa shape index (κ1) is 18.7. The zero-order chi connectivity index (χ0) is 19.8. The summed E-state index contributed by atoms with van der Waals surface area (Å²) in [5, 5.41) is 26.9. The van der Waals surface area contributed by atoms with Gasteiger partial charge >= 0.3 is 0 Å². The van der Waals surface area contributed by atoms with Crippen LogP contribution in [-0.4, -0.2) is 66.7 Å². The Morgan fingerprint density at radius 2 is 2.17 bits per heavy atom. The second-order valence-electron chi connectivity index (χ2n) is 8.40. The third kappa shape index (κ3) is 3.45. The van der Waals surface area contributed by atoms with Crippen molar-refractivity contribution in [3.8, 4) is 6.07 Å². The lowest BCUT2D eigenvalue weighted by atomic mass is 9.91. The van der Waals surface area contributed by atoms with E-state index in [1.54, 1.807) is 12.4 Å². The minimum atomic E-state index is -0.566. The number of hydrogen-bond donors (Lipinski definition) is 3. The van der Waals surface area contributed by atoms with Crippen molar-refractivity contribution in [2.45, 2.75) is 25.2 Å². The van der Waals surface area contributed by atoms with Crippen LogP contribution in [0.1, 0.15) is 18.4 Å². The number of aromatic nitrogens is 2. The van der Waals surface area contributed by atoms with Gasteiger partial charge in [0.25, 0.3) is 0 Å². The number of nitrogens with zero attached hydrogens (tertiary/aromatic N) is 4. The molecule has 2 aliphatic heterocycles. The monoisotopic (exact) mass is 394 g/mol. The molecular weight excluding hydrogens is 368 g/mol. The molecule has 1 aliphatic carbocycles. The number of nitriles is 1. The number of benzene rings is 1. The van der Waals surface area contributed by atoms with E-state index in [9.17, 15) is 10.4 Å². The maximum absolute atomic E-state index is 10.9. The average Bonchev–Trinajstić information content (AvgIpc) is 3.44. The fraction of sp³-hybridized carbons (Fsp3) is 0.571. The number of morpholine rings is 1. The van der Waals surface area contributed by atoms with E-state index in [0.717, 1.165) is 56.8 Å². The van der Waals surface area contributed by atoms with Crippen LogP contribution in [-0.2, 0) is 4.74 Å². The Hall–Kier alpha value is -2.31. The van der Waals surface area contributed by atoms with Gasteiger partial charge in [-0.05, 0) is 30.4 Å². The van der Waals surface area contributed by atoms with E-state index in [0.29, 0.717) is 17.6 Å². The van der Waals surface area contributed by atoms with Crippen molar-refractivity contribution in [1.82, 2.24) is 20.6 Å². The van der Waals surface area contributed by atoms with Crippen LogP contribution >= 0.6 is 0 Å². The highest BCUT2D eigenvalue weighted by molar-refractivity contribution is 5.92. The van der Waals surface area contributed by atoms with Crippen LogP contribution in [0.25, 0.3) is 11.0 Å². The van der Waals surface area contributed by atoms with Crippen molar-refractivity contribution in [2.24, 2.45) is 11.3 Å². The first-order chi connectivity index (χ1) is 14.2. The minimum Gasteiger partial charge on any atom is -0.378 e. The summed E-state index contributed by atoms with van der Waals surface area (Å²) < 4.78 is 5.73. The van der Waals surface area contributed by atoms with Gasteiger partial charge in [-0.25, -0.2) is 0 Å². The van der Waals surface area contributed by atoms with Crippen molar-refractivity contribution in [1.29, 1.82) is 5.26 Å². The van der Waals surface area contributed by atoms with E-state index < -0.39 is 6.23 Å². The van der Waals surface area contributed by atoms with Crippen LogP contribution < -0.4 is 15.5 Å². The highest BCUT2D eigenvalue weighted by Gasteiger charge is 2.57. The quantitative estimate of drug-likeness (QED) is 0.634. The molecule has 3 atom stereocenters. The van der Waals surface area contributed by atoms with Gasteiger partial charge in [0.1, 0.15) is 23.3 Å². The second kappa shape index (κ2) is 7.50. The zero-order valence-corrected chi connectivity index (χ0v) is 16.3. The Labute approximate surface area is 169 Å². The Balaban J connectivity index is 1.34. The standard InChI is InChI=1S/C21H26N6O2/c22-9-14-1-2-17(19-18(14)24-5-6-25-19)27-12-16(21(13-27)3-4-21)20(28)26-11-15-10-23-7-8-29-15/h1-2,5-6,15-16,20,23,26,28H,3-4,7-8,10-13H2. The summed E-state index contributed by atoms with van der Waals surface area (Å²) in [6, 6.07) is 5.99. The third-order valence-electron chi connectivity index (χ3n) is 6.61. The first-order valence-electron chi connectivity index (χ1n) is 10.3. The van der Waals surface area contributed by atoms with Crippen LogP contribution in [0.3, 0.4) is 0 Å². The van der Waals surface area contributed by atoms with Gasteiger partial charge in [0, 0.05) is 51.0 Å². The van der Waals surface area contributed by atoms with Crippen molar-refractivity contribution >= 4 is 16.7 Å². The summed E-state index contributed by atoms with van der Waals surface area (Å²) in [5.74, 6) is 0.154. The summed E-state index contributed by atoms with van der Waals surface area (Å²) in [5.41, 5.74) is 3.08. The fourth-order valence-corrected chi connectivity index (χ4v) is 4.83. The van der Waals surface area contributed by atoms with Crippen LogP contribution in [0, 0.1) is 22.7 Å². The van der Waals surface area contributed by atoms with E-state index in [-0.39, 0.29) is 17.4 Å². The van der Waals surface area contributed by atoms with Gasteiger partial charge in [0.05, 0.1) is 24.0 Å². The number of nitrogens with one attached hydrogen (secondary N) is 2. The number of rotatable bonds is 5. The predicted molar refractivity (Wildman–Crippen MR) is 108 cm³/mol. The molecule has 0 radical (unpaired) electrons. The maximum Gasteiger partial charge on any atom is 0.113 e. The Kier molecular flexibility index (Phi) is 4.84. The van der Waals surface area contributed by atoms with Gasteiger partial charge in [-0.2, -0.15) is 5.26 Å². The average molecular weight is 394 g/mol. The lowest BCUT2D eigenvalue weighted by Gasteiger charge is -2.28. The molecule has 0 amide bonds. The maximum atomic E-state index is 10.9. The number of ether oxygens (including phenoxy) is 1. The fourth-order valence-electron chi connectivity index (χ4n) is 4.83. The van der Waals surface area contributed by atoms with Crippen LogP contribution in [0.5, 0.6) is 0 Å². The van der Waals surface area contributed by atoms with Crippen molar-refractivity contribution < 1.29 is 9.84 Å². The molecule has 1 saturated carbocycles. The van der Waals surface area contributed by atoms with E-state index in [1.165, 1.54) is 0 Å². The molecular formula is C21H26N6O2. The van der Waals surface area contributed by atoms with Crippen molar-refractivity contribution in [3.63, 3.8) is 0 Å². The molecule has 2 aromatic rings. The molecule has 1 aromatic heterocycles. The van der Waals surface area contributed by atoms with Crippen molar-refractivity contribution in [2.75, 3.05) is 44.2 Å². The lowest BCUT2D eigenvalue weighted by Crippen LogP contribution is -2.49. The highest BCUT2D eigenvalue weighted by atomic mass is 16.5. The SMILES string of the molecule is N#Cc1ccc(N2CC(C(O)NCC3CNCCO3)C3(CC3)C2)c2nccnc12. The van der Waals surface area contributed by atoms with E-state index in [1.807, 2.05) is 12.1 Å². The van der Waals surface area contributed by atoms with Gasteiger partial charge < -0.3 is 20.1 Å². The molecule has 29 heavy (non-hydrogen) atoms. The number of aliphatic hydroxyl groups excluding tert-OH is 1. The molecule has 3 N–H and O–H groups in total. The smallest absolute Gasteiger partial charge is 0.113 e. The molecule has 8 nitrogen and oxygen atoms in total. The minimum absolute atomic E-state index is 0.101. The van der Waals surface area contributed by atoms with Crippen LogP contribution in [0.2, 0.25) is 0 Å². The molecule has 152 valence electrons. The normalized spacial score (nSPS) is 26.6. The van der Waals surface area contributed by atoms with E-state index in [2.05, 4.69) is 31.6 Å². The summed E-state index contributed by atoms with van der Waals surface area (Å²) >= 11 is 0. The first-order valence-corrected chi connectivity index (χ1v) is 10.3. The predicted octanol–water partition coefficient (Wildman–Crippen LogP) is 0.614. The van der Waals surface area contributed by atoms with Gasteiger partial charge in [0.2, 0.25) is 0 Å². The summed E-state index contributed by atoms with van der Waals surface area (Å²) in [7, 11) is 0. The molecule has 5 rings (SSSR count). The van der Waals surface area contributed by atoms with Gasteiger partial charge in [0.15, 0.2) is 0 Å². The molecule has 3 unspecified atom stereocenters. The number of hydrogen-bond acceptors (Lipinski definition) is 8. The number of fused-ring (bicyclic) bond motifs is 1. The summed E-state index contributed by atoms with van der Waals surface area (Å²) in [4.78, 5) is 11.2. The van der Waals surface area contributed by atoms with Gasteiger partial charge in [-0.15, -0.1) is 0 Å². The molecule has 3 heterocycles. The van der Waals surface area contributed by atoms with Crippen molar-refractivity contribution in [3.05, 3.63) is 30.1 Å². The third-order valence-corrected chi connectivity index (χ3v) is 6.61. The molecule has 2 saturated heterocycles. The largest absolute Gasteiger partial charge is 0.378 e. The van der Waals surface area contributed by atoms with Gasteiger partial charge in [-0.3, -0.25) is 15.3 Å². The second-order valence-corrected chi connectivity index (χ2v) is 8.40. The molecule has 8 heteroatoms.